The zero-order valence-corrected chi connectivity index (χ0v) is 15.4. The summed E-state index contributed by atoms with van der Waals surface area (Å²) >= 11 is 3.46. The predicted octanol–water partition coefficient (Wildman–Crippen LogP) is 1.42. The first kappa shape index (κ1) is 17.7. The Labute approximate surface area is 154 Å². The Morgan fingerprint density at radius 1 is 1.08 bits per heavy atom. The van der Waals surface area contributed by atoms with Crippen LogP contribution in [-0.4, -0.2) is 60.4 Å². The van der Waals surface area contributed by atoms with Gasteiger partial charge < -0.3 is 20.4 Å². The van der Waals surface area contributed by atoms with Crippen molar-refractivity contribution in [2.75, 3.05) is 37.6 Å². The topological polar surface area (TPSA) is 87.0 Å². The molecule has 0 bridgehead atoms. The maximum atomic E-state index is 12.8. The van der Waals surface area contributed by atoms with Crippen molar-refractivity contribution < 1.29 is 14.4 Å². The molecule has 4 amide bonds. The van der Waals surface area contributed by atoms with Gasteiger partial charge in [-0.3, -0.25) is 9.59 Å². The SMILES string of the molecule is NC(=O)N1CCCN(C(=O)C2CC(=O)N(c3ccccc3Br)C2)CC1. The molecule has 1 atom stereocenters. The van der Waals surface area contributed by atoms with Crippen molar-refractivity contribution in [1.82, 2.24) is 9.80 Å². The lowest BCUT2D eigenvalue weighted by molar-refractivity contribution is -0.135. The second kappa shape index (κ2) is 7.43. The van der Waals surface area contributed by atoms with Crippen LogP contribution in [0.15, 0.2) is 28.7 Å². The summed E-state index contributed by atoms with van der Waals surface area (Å²) in [6.45, 7) is 2.43. The van der Waals surface area contributed by atoms with Gasteiger partial charge >= 0.3 is 6.03 Å². The summed E-state index contributed by atoms with van der Waals surface area (Å²) in [5.74, 6) is -0.409. The Balaban J connectivity index is 1.67. The van der Waals surface area contributed by atoms with E-state index in [1.165, 1.54) is 0 Å². The second-order valence-electron chi connectivity index (χ2n) is 6.36. The van der Waals surface area contributed by atoms with E-state index in [0.717, 1.165) is 10.2 Å². The maximum Gasteiger partial charge on any atom is 0.314 e. The van der Waals surface area contributed by atoms with Crippen LogP contribution in [0.5, 0.6) is 0 Å². The molecule has 0 spiro atoms. The Bertz CT molecular complexity index is 696. The Morgan fingerprint density at radius 2 is 1.76 bits per heavy atom. The number of benzene rings is 1. The van der Waals surface area contributed by atoms with E-state index in [4.69, 9.17) is 5.73 Å². The number of halogens is 1. The van der Waals surface area contributed by atoms with E-state index >= 15 is 0 Å². The molecular formula is C17H21BrN4O3. The molecule has 0 aromatic heterocycles. The number of nitrogens with zero attached hydrogens (tertiary/aromatic N) is 3. The van der Waals surface area contributed by atoms with Gasteiger partial charge in [-0.05, 0) is 34.5 Å². The van der Waals surface area contributed by atoms with E-state index in [9.17, 15) is 14.4 Å². The standard InChI is InChI=1S/C17H21BrN4O3/c18-13-4-1-2-5-14(13)22-11-12(10-15(22)23)16(24)20-6-3-7-21(9-8-20)17(19)25/h1-2,4-5,12H,3,6-11H2,(H2,19,25). The van der Waals surface area contributed by atoms with E-state index in [0.29, 0.717) is 39.1 Å². The predicted molar refractivity (Wildman–Crippen MR) is 97.0 cm³/mol. The molecule has 1 unspecified atom stereocenters. The third-order valence-electron chi connectivity index (χ3n) is 4.74. The zero-order chi connectivity index (χ0) is 18.0. The van der Waals surface area contributed by atoms with E-state index in [1.54, 1.807) is 14.7 Å². The normalized spacial score (nSPS) is 21.4. The Morgan fingerprint density at radius 3 is 2.48 bits per heavy atom. The van der Waals surface area contributed by atoms with Crippen molar-refractivity contribution >= 4 is 39.5 Å². The highest BCUT2D eigenvalue weighted by atomic mass is 79.9. The number of urea groups is 1. The summed E-state index contributed by atoms with van der Waals surface area (Å²) in [6.07, 6.45) is 0.916. The van der Waals surface area contributed by atoms with E-state index in [-0.39, 0.29) is 24.2 Å². The molecule has 2 heterocycles. The first-order valence-corrected chi connectivity index (χ1v) is 9.14. The molecular weight excluding hydrogens is 388 g/mol. The molecule has 134 valence electrons. The second-order valence-corrected chi connectivity index (χ2v) is 7.22. The van der Waals surface area contributed by atoms with Gasteiger partial charge in [-0.1, -0.05) is 12.1 Å². The first-order chi connectivity index (χ1) is 12.0. The molecule has 0 radical (unpaired) electrons. The third-order valence-corrected chi connectivity index (χ3v) is 5.41. The number of primary amides is 1. The quantitative estimate of drug-likeness (QED) is 0.802. The number of carbonyl (C=O) groups excluding carboxylic acids is 3. The molecule has 2 saturated heterocycles. The average molecular weight is 409 g/mol. The van der Waals surface area contributed by atoms with Gasteiger partial charge in [0.05, 0.1) is 11.6 Å². The minimum Gasteiger partial charge on any atom is -0.351 e. The lowest BCUT2D eigenvalue weighted by Gasteiger charge is -2.24. The molecule has 3 rings (SSSR count). The van der Waals surface area contributed by atoms with Gasteiger partial charge in [-0.25, -0.2) is 4.79 Å². The number of carbonyl (C=O) groups is 3. The van der Waals surface area contributed by atoms with Crippen molar-refractivity contribution in [1.29, 1.82) is 0 Å². The van der Waals surface area contributed by atoms with Crippen LogP contribution in [-0.2, 0) is 9.59 Å². The van der Waals surface area contributed by atoms with E-state index < -0.39 is 6.03 Å². The number of hydrogen-bond donors (Lipinski definition) is 1. The van der Waals surface area contributed by atoms with Gasteiger partial charge in [-0.15, -0.1) is 0 Å². The Hall–Kier alpha value is -2.09. The number of para-hydroxylation sites is 1. The number of nitrogens with two attached hydrogens (primary N) is 1. The summed E-state index contributed by atoms with van der Waals surface area (Å²) in [5, 5.41) is 0. The van der Waals surface area contributed by atoms with Gasteiger partial charge in [0.2, 0.25) is 11.8 Å². The maximum absolute atomic E-state index is 12.8. The van der Waals surface area contributed by atoms with Gasteiger partial charge in [0.15, 0.2) is 0 Å². The van der Waals surface area contributed by atoms with Crippen molar-refractivity contribution in [3.63, 3.8) is 0 Å². The number of anilines is 1. The van der Waals surface area contributed by atoms with Crippen LogP contribution >= 0.6 is 15.9 Å². The highest BCUT2D eigenvalue weighted by Crippen LogP contribution is 2.32. The lowest BCUT2D eigenvalue weighted by Crippen LogP contribution is -2.41. The number of amides is 4. The van der Waals surface area contributed by atoms with Crippen molar-refractivity contribution in [3.05, 3.63) is 28.7 Å². The molecule has 25 heavy (non-hydrogen) atoms. The molecule has 1 aromatic rings. The van der Waals surface area contributed by atoms with Crippen LogP contribution < -0.4 is 10.6 Å². The van der Waals surface area contributed by atoms with Crippen LogP contribution in [0.2, 0.25) is 0 Å². The lowest BCUT2D eigenvalue weighted by atomic mass is 10.1. The summed E-state index contributed by atoms with van der Waals surface area (Å²) in [5.41, 5.74) is 6.11. The highest BCUT2D eigenvalue weighted by molar-refractivity contribution is 9.10. The first-order valence-electron chi connectivity index (χ1n) is 8.35. The minimum absolute atomic E-state index is 0.0192. The van der Waals surface area contributed by atoms with E-state index in [1.807, 2.05) is 24.3 Å². The summed E-state index contributed by atoms with van der Waals surface area (Å²) in [4.78, 5) is 41.5. The minimum atomic E-state index is -0.453. The smallest absolute Gasteiger partial charge is 0.314 e. The van der Waals surface area contributed by atoms with Crippen molar-refractivity contribution in [2.24, 2.45) is 11.7 Å². The largest absolute Gasteiger partial charge is 0.351 e. The molecule has 2 aliphatic heterocycles. The number of hydrogen-bond acceptors (Lipinski definition) is 3. The summed E-state index contributed by atoms with van der Waals surface area (Å²) in [7, 11) is 0. The zero-order valence-electron chi connectivity index (χ0n) is 13.9. The Kier molecular flexibility index (Phi) is 5.27. The van der Waals surface area contributed by atoms with Crippen molar-refractivity contribution in [3.8, 4) is 0 Å². The summed E-state index contributed by atoms with van der Waals surface area (Å²) in [6, 6.07) is 7.05. The number of rotatable bonds is 2. The van der Waals surface area contributed by atoms with Crippen molar-refractivity contribution in [2.45, 2.75) is 12.8 Å². The van der Waals surface area contributed by atoms with E-state index in [2.05, 4.69) is 15.9 Å². The fourth-order valence-corrected chi connectivity index (χ4v) is 3.89. The highest BCUT2D eigenvalue weighted by Gasteiger charge is 2.38. The van der Waals surface area contributed by atoms with Gasteiger partial charge in [0.25, 0.3) is 0 Å². The van der Waals surface area contributed by atoms with Gasteiger partial charge in [0.1, 0.15) is 0 Å². The third kappa shape index (κ3) is 3.78. The van der Waals surface area contributed by atoms with Crippen LogP contribution in [0.25, 0.3) is 0 Å². The average Bonchev–Trinajstić information content (AvgIpc) is 2.81. The fraction of sp³-hybridized carbons (Fsp3) is 0.471. The van der Waals surface area contributed by atoms with Crippen LogP contribution in [0.3, 0.4) is 0 Å². The molecule has 2 aliphatic rings. The summed E-state index contributed by atoms with van der Waals surface area (Å²) < 4.78 is 0.836. The van der Waals surface area contributed by atoms with Crippen LogP contribution in [0.4, 0.5) is 10.5 Å². The molecule has 2 N–H and O–H groups in total. The molecule has 0 saturated carbocycles. The molecule has 0 aliphatic carbocycles. The molecule has 7 nitrogen and oxygen atoms in total. The molecule has 8 heteroatoms. The van der Waals surface area contributed by atoms with Gasteiger partial charge in [0, 0.05) is 43.6 Å². The van der Waals surface area contributed by atoms with Gasteiger partial charge in [-0.2, -0.15) is 0 Å². The molecule has 2 fully saturated rings. The van der Waals surface area contributed by atoms with Crippen LogP contribution in [0.1, 0.15) is 12.8 Å². The monoisotopic (exact) mass is 408 g/mol. The molecule has 1 aromatic carbocycles. The van der Waals surface area contributed by atoms with Crippen LogP contribution in [0, 0.1) is 5.92 Å². The fourth-order valence-electron chi connectivity index (χ4n) is 3.39.